The molecule has 1 aromatic heterocycles. The highest BCUT2D eigenvalue weighted by Crippen LogP contribution is 2.17. The van der Waals surface area contributed by atoms with Gasteiger partial charge in [0.1, 0.15) is 12.3 Å². The van der Waals surface area contributed by atoms with Crippen LogP contribution in [-0.2, 0) is 17.9 Å². The highest BCUT2D eigenvalue weighted by molar-refractivity contribution is 5.90. The number of carbonyl (C=O) groups excluding carboxylic acids is 1. The van der Waals surface area contributed by atoms with Crippen molar-refractivity contribution in [3.63, 3.8) is 0 Å². The first kappa shape index (κ1) is 21.6. The van der Waals surface area contributed by atoms with Crippen molar-refractivity contribution in [2.24, 2.45) is 0 Å². The van der Waals surface area contributed by atoms with Crippen molar-refractivity contribution in [2.75, 3.05) is 11.9 Å². The van der Waals surface area contributed by atoms with Crippen LogP contribution in [-0.4, -0.2) is 21.6 Å². The van der Waals surface area contributed by atoms with Gasteiger partial charge in [-0.15, -0.1) is 0 Å². The molecule has 3 rings (SSSR count). The van der Waals surface area contributed by atoms with Crippen LogP contribution in [0.1, 0.15) is 18.4 Å². The van der Waals surface area contributed by atoms with E-state index in [9.17, 15) is 14.4 Å². The van der Waals surface area contributed by atoms with E-state index < -0.39 is 23.7 Å². The molecule has 0 aliphatic rings. The number of rotatable bonds is 9. The van der Waals surface area contributed by atoms with Gasteiger partial charge in [0, 0.05) is 30.4 Å². The van der Waals surface area contributed by atoms with Crippen LogP contribution in [0.5, 0.6) is 5.75 Å². The van der Waals surface area contributed by atoms with Crippen LogP contribution in [0, 0.1) is 11.3 Å². The zero-order valence-electron chi connectivity index (χ0n) is 16.9. The van der Waals surface area contributed by atoms with Gasteiger partial charge >= 0.3 is 5.69 Å². The summed E-state index contributed by atoms with van der Waals surface area (Å²) in [6.07, 6.45) is 2.45. The number of amides is 1. The second kappa shape index (κ2) is 10.6. The van der Waals surface area contributed by atoms with E-state index >= 15 is 0 Å². The molecule has 0 aliphatic heterocycles. The molecule has 0 spiro atoms. The van der Waals surface area contributed by atoms with Crippen LogP contribution in [0.25, 0.3) is 0 Å². The summed E-state index contributed by atoms with van der Waals surface area (Å²) in [5, 5.41) is 11.2. The minimum Gasteiger partial charge on any atom is -0.493 e. The molecule has 0 saturated carbocycles. The van der Waals surface area contributed by atoms with Crippen molar-refractivity contribution in [1.82, 2.24) is 9.13 Å². The molecule has 0 atom stereocenters. The van der Waals surface area contributed by atoms with Crippen molar-refractivity contribution in [1.29, 1.82) is 5.26 Å². The second-order valence-electron chi connectivity index (χ2n) is 6.82. The number of ether oxygens (including phenoxy) is 1. The van der Waals surface area contributed by atoms with Gasteiger partial charge in [0.15, 0.2) is 0 Å². The van der Waals surface area contributed by atoms with Crippen LogP contribution in [0.3, 0.4) is 0 Å². The average molecular weight is 418 g/mol. The van der Waals surface area contributed by atoms with Crippen molar-refractivity contribution in [2.45, 2.75) is 25.9 Å². The van der Waals surface area contributed by atoms with Crippen molar-refractivity contribution in [3.8, 4) is 11.8 Å². The van der Waals surface area contributed by atoms with Crippen LogP contribution in [0.15, 0.2) is 76.4 Å². The van der Waals surface area contributed by atoms with Crippen LogP contribution >= 0.6 is 0 Å². The molecule has 158 valence electrons. The van der Waals surface area contributed by atoms with E-state index in [1.54, 1.807) is 24.3 Å². The number of anilines is 1. The maximum atomic E-state index is 12.7. The number of nitriles is 1. The van der Waals surface area contributed by atoms with Gasteiger partial charge < -0.3 is 10.1 Å². The Morgan fingerprint density at radius 1 is 1.06 bits per heavy atom. The molecule has 3 aromatic rings. The van der Waals surface area contributed by atoms with E-state index in [1.807, 2.05) is 36.4 Å². The van der Waals surface area contributed by atoms with Gasteiger partial charge in [-0.05, 0) is 24.1 Å². The maximum Gasteiger partial charge on any atom is 0.331 e. The van der Waals surface area contributed by atoms with E-state index in [0.29, 0.717) is 37.4 Å². The van der Waals surface area contributed by atoms with Crippen molar-refractivity contribution in [3.05, 3.63) is 93.3 Å². The van der Waals surface area contributed by atoms with Gasteiger partial charge in [-0.1, -0.05) is 36.4 Å². The number of hydrogen-bond acceptors (Lipinski definition) is 5. The topological polar surface area (TPSA) is 106 Å². The highest BCUT2D eigenvalue weighted by Gasteiger charge is 2.11. The largest absolute Gasteiger partial charge is 0.493 e. The van der Waals surface area contributed by atoms with Crippen LogP contribution < -0.4 is 21.3 Å². The molecule has 0 saturated heterocycles. The number of hydrogen-bond donors (Lipinski definition) is 1. The molecule has 31 heavy (non-hydrogen) atoms. The molecule has 8 nitrogen and oxygen atoms in total. The molecule has 0 bridgehead atoms. The zero-order valence-corrected chi connectivity index (χ0v) is 16.9. The van der Waals surface area contributed by atoms with Gasteiger partial charge in [-0.3, -0.25) is 18.7 Å². The second-order valence-corrected chi connectivity index (χ2v) is 6.82. The minimum atomic E-state index is -0.555. The predicted octanol–water partition coefficient (Wildman–Crippen LogP) is 2.38. The number of carbonyl (C=O) groups is 1. The SMILES string of the molecule is N#CCCCOc1cccc(NC(=O)Cn2c(=O)ccn(Cc3ccccc3)c2=O)c1. The molecule has 8 heteroatoms. The lowest BCUT2D eigenvalue weighted by Gasteiger charge is -2.11. The molecule has 1 heterocycles. The summed E-state index contributed by atoms with van der Waals surface area (Å²) in [6.45, 7) is 0.290. The van der Waals surface area contributed by atoms with Gasteiger partial charge in [0.25, 0.3) is 5.56 Å². The number of unbranched alkanes of at least 4 members (excludes halogenated alkanes) is 1. The van der Waals surface area contributed by atoms with Gasteiger partial charge in [0.05, 0.1) is 19.2 Å². The van der Waals surface area contributed by atoms with E-state index in [1.165, 1.54) is 16.8 Å². The van der Waals surface area contributed by atoms with E-state index in [2.05, 4.69) is 5.32 Å². The molecule has 1 N–H and O–H groups in total. The summed E-state index contributed by atoms with van der Waals surface area (Å²) in [6, 6.07) is 19.5. The summed E-state index contributed by atoms with van der Waals surface area (Å²) in [5.41, 5.74) is 0.294. The average Bonchev–Trinajstić information content (AvgIpc) is 2.77. The molecular formula is C23H22N4O4. The lowest BCUT2D eigenvalue weighted by molar-refractivity contribution is -0.116. The van der Waals surface area contributed by atoms with Crippen LogP contribution in [0.2, 0.25) is 0 Å². The lowest BCUT2D eigenvalue weighted by Crippen LogP contribution is -2.41. The zero-order chi connectivity index (χ0) is 22.1. The molecule has 0 radical (unpaired) electrons. The number of nitrogens with one attached hydrogen (secondary N) is 1. The summed E-state index contributed by atoms with van der Waals surface area (Å²) in [5.74, 6) is 0.0520. The Morgan fingerprint density at radius 2 is 1.87 bits per heavy atom. The van der Waals surface area contributed by atoms with Crippen molar-refractivity contribution < 1.29 is 9.53 Å². The maximum absolute atomic E-state index is 12.7. The molecule has 1 amide bonds. The number of benzene rings is 2. The third-order valence-corrected chi connectivity index (χ3v) is 4.46. The first-order chi connectivity index (χ1) is 15.1. The highest BCUT2D eigenvalue weighted by atomic mass is 16.5. The smallest absolute Gasteiger partial charge is 0.331 e. The normalized spacial score (nSPS) is 10.3. The number of nitrogens with zero attached hydrogens (tertiary/aromatic N) is 3. The Labute approximate surface area is 178 Å². The first-order valence-corrected chi connectivity index (χ1v) is 9.80. The van der Waals surface area contributed by atoms with E-state index in [-0.39, 0.29) is 0 Å². The Kier molecular flexibility index (Phi) is 7.38. The fraction of sp³-hybridized carbons (Fsp3) is 0.217. The lowest BCUT2D eigenvalue weighted by atomic mass is 10.2. The fourth-order valence-electron chi connectivity index (χ4n) is 2.95. The summed E-state index contributed by atoms with van der Waals surface area (Å²) in [7, 11) is 0. The quantitative estimate of drug-likeness (QED) is 0.537. The fourth-order valence-corrected chi connectivity index (χ4v) is 2.95. The summed E-state index contributed by atoms with van der Waals surface area (Å²) >= 11 is 0. The third-order valence-electron chi connectivity index (χ3n) is 4.46. The molecule has 2 aromatic carbocycles. The first-order valence-electron chi connectivity index (χ1n) is 9.80. The molecule has 0 unspecified atom stereocenters. The standard InChI is InChI=1S/C23H22N4O4/c24-12-4-5-14-31-20-10-6-9-19(15-20)25-21(28)17-27-22(29)11-13-26(23(27)30)16-18-7-2-1-3-8-18/h1-3,6-11,13,15H,4-5,14,16-17H2,(H,25,28). The Bertz CT molecular complexity index is 1190. The number of aromatic nitrogens is 2. The molecule has 0 aliphatic carbocycles. The van der Waals surface area contributed by atoms with Gasteiger partial charge in [0.2, 0.25) is 5.91 Å². The predicted molar refractivity (Wildman–Crippen MR) is 116 cm³/mol. The van der Waals surface area contributed by atoms with Gasteiger partial charge in [-0.2, -0.15) is 5.26 Å². The minimum absolute atomic E-state index is 0.298. The van der Waals surface area contributed by atoms with E-state index in [4.69, 9.17) is 10.00 Å². The summed E-state index contributed by atoms with van der Waals surface area (Å²) in [4.78, 5) is 37.4. The summed E-state index contributed by atoms with van der Waals surface area (Å²) < 4.78 is 7.84. The Hall–Kier alpha value is -4.12. The Morgan fingerprint density at radius 3 is 2.65 bits per heavy atom. The third kappa shape index (κ3) is 6.18. The molecular weight excluding hydrogens is 396 g/mol. The van der Waals surface area contributed by atoms with Crippen LogP contribution in [0.4, 0.5) is 5.69 Å². The van der Waals surface area contributed by atoms with Gasteiger partial charge in [-0.25, -0.2) is 4.79 Å². The molecule has 0 fully saturated rings. The monoisotopic (exact) mass is 418 g/mol. The van der Waals surface area contributed by atoms with E-state index in [0.717, 1.165) is 10.1 Å². The van der Waals surface area contributed by atoms with Crippen molar-refractivity contribution >= 4 is 11.6 Å². The Balaban J connectivity index is 1.68.